The largest absolute Gasteiger partial charge is 0.465 e. The predicted molar refractivity (Wildman–Crippen MR) is 91.8 cm³/mol. The Kier molecular flexibility index (Phi) is 6.02. The Balaban J connectivity index is 2.20. The van der Waals surface area contributed by atoms with Gasteiger partial charge < -0.3 is 4.74 Å². The van der Waals surface area contributed by atoms with Gasteiger partial charge in [-0.25, -0.2) is 34.8 Å². The molecule has 0 N–H and O–H groups in total. The number of nitrogens with zero attached hydrogens (tertiary/aromatic N) is 2. The van der Waals surface area contributed by atoms with Crippen LogP contribution in [-0.4, -0.2) is 35.8 Å². The maximum atomic E-state index is 14.3. The molecule has 31 heavy (non-hydrogen) atoms. The average Bonchev–Trinajstić information content (AvgIpc) is 3.52. The van der Waals surface area contributed by atoms with E-state index in [0.717, 1.165) is 18.3 Å². The molecule has 1 saturated carbocycles. The van der Waals surface area contributed by atoms with Gasteiger partial charge in [0.2, 0.25) is 5.82 Å². The highest BCUT2D eigenvalue weighted by atomic mass is 32.2. The van der Waals surface area contributed by atoms with Crippen LogP contribution in [0.1, 0.15) is 25.5 Å². The second-order valence-electron chi connectivity index (χ2n) is 6.63. The molecule has 0 saturated heterocycles. The van der Waals surface area contributed by atoms with Gasteiger partial charge in [0.1, 0.15) is 11.4 Å². The molecule has 1 fully saturated rings. The quantitative estimate of drug-likeness (QED) is 0.270. The van der Waals surface area contributed by atoms with E-state index in [1.807, 2.05) is 0 Å². The summed E-state index contributed by atoms with van der Waals surface area (Å²) in [6, 6.07) is 1.95. The van der Waals surface area contributed by atoms with E-state index >= 15 is 0 Å². The molecule has 0 spiro atoms. The number of benzene rings is 1. The van der Waals surface area contributed by atoms with Gasteiger partial charge in [0.15, 0.2) is 28.2 Å². The van der Waals surface area contributed by atoms with Crippen molar-refractivity contribution in [1.29, 1.82) is 0 Å². The van der Waals surface area contributed by atoms with Crippen LogP contribution in [0, 0.1) is 34.9 Å². The van der Waals surface area contributed by atoms with Crippen LogP contribution in [0.2, 0.25) is 0 Å². The number of rotatable bonds is 7. The van der Waals surface area contributed by atoms with Crippen LogP contribution in [0.3, 0.4) is 0 Å². The van der Waals surface area contributed by atoms with Crippen LogP contribution in [-0.2, 0) is 26.1 Å². The molecule has 0 amide bonds. The molecule has 0 bridgehead atoms. The Morgan fingerprint density at radius 2 is 1.58 bits per heavy atom. The minimum absolute atomic E-state index is 0.137. The zero-order valence-electron chi connectivity index (χ0n) is 15.8. The number of aromatic nitrogens is 1. The van der Waals surface area contributed by atoms with Crippen molar-refractivity contribution >= 4 is 16.0 Å². The Labute approximate surface area is 172 Å². The number of carbonyl (C=O) groups is 1. The minimum atomic E-state index is -5.49. The molecule has 1 aromatic heterocycles. The maximum absolute atomic E-state index is 14.3. The molecule has 1 aromatic carbocycles. The number of halogens is 6. The first kappa shape index (κ1) is 23.0. The van der Waals surface area contributed by atoms with Crippen molar-refractivity contribution in [2.45, 2.75) is 36.7 Å². The molecule has 0 unspecified atom stereocenters. The van der Waals surface area contributed by atoms with Gasteiger partial charge in [0, 0.05) is 0 Å². The third-order valence-electron chi connectivity index (χ3n) is 4.67. The molecular weight excluding hydrogens is 454 g/mol. The second-order valence-corrected chi connectivity index (χ2v) is 8.43. The number of esters is 1. The van der Waals surface area contributed by atoms with Crippen LogP contribution in [0.25, 0.3) is 0 Å². The summed E-state index contributed by atoms with van der Waals surface area (Å²) >= 11 is 0. The molecule has 1 aliphatic rings. The summed E-state index contributed by atoms with van der Waals surface area (Å²) in [6.45, 7) is 0.450. The summed E-state index contributed by atoms with van der Waals surface area (Å²) in [7, 11) is -5.49. The molecule has 13 heteroatoms. The van der Waals surface area contributed by atoms with Gasteiger partial charge in [-0.2, -0.15) is 4.31 Å². The van der Waals surface area contributed by atoms with Crippen molar-refractivity contribution in [1.82, 2.24) is 9.29 Å². The zero-order chi connectivity index (χ0) is 23.1. The van der Waals surface area contributed by atoms with E-state index in [1.165, 1.54) is 6.92 Å². The topological polar surface area (TPSA) is 76.6 Å². The Morgan fingerprint density at radius 3 is 2.03 bits per heavy atom. The lowest BCUT2D eigenvalue weighted by molar-refractivity contribution is -0.149. The van der Waals surface area contributed by atoms with Crippen LogP contribution >= 0.6 is 0 Å². The van der Waals surface area contributed by atoms with E-state index in [0.29, 0.717) is 0 Å². The number of carbonyl (C=O) groups excluding carboxylic acids is 1. The van der Waals surface area contributed by atoms with E-state index in [2.05, 4.69) is 4.98 Å². The summed E-state index contributed by atoms with van der Waals surface area (Å²) in [5, 5.41) is 0. The Hall–Kier alpha value is -2.67. The van der Waals surface area contributed by atoms with Gasteiger partial charge in [-0.15, -0.1) is 0 Å². The molecule has 0 radical (unpaired) electrons. The molecule has 3 rings (SSSR count). The lowest BCUT2D eigenvalue weighted by Gasteiger charge is -2.29. The minimum Gasteiger partial charge on any atom is -0.465 e. The van der Waals surface area contributed by atoms with E-state index in [9.17, 15) is 39.6 Å². The van der Waals surface area contributed by atoms with Crippen molar-refractivity contribution in [3.8, 4) is 0 Å². The Bertz CT molecular complexity index is 1110. The van der Waals surface area contributed by atoms with Crippen molar-refractivity contribution in [3.05, 3.63) is 58.9 Å². The standard InChI is InChI=1S/C18H14F6N2O4S/c1-2-30-17(27)18(5-6-18)26(8-10-4-3-9(19)7-25-10)31(28,29)16-14(23)12(21)11(20)13(22)15(16)24/h3-4,7H,2,5-6,8H2,1H3. The summed E-state index contributed by atoms with van der Waals surface area (Å²) in [5.41, 5.74) is -2.09. The van der Waals surface area contributed by atoms with E-state index in [4.69, 9.17) is 4.74 Å². The highest BCUT2D eigenvalue weighted by molar-refractivity contribution is 7.89. The van der Waals surface area contributed by atoms with Gasteiger partial charge in [0.05, 0.1) is 25.0 Å². The highest BCUT2D eigenvalue weighted by Gasteiger charge is 2.61. The average molecular weight is 468 g/mol. The van der Waals surface area contributed by atoms with Gasteiger partial charge >= 0.3 is 5.97 Å². The number of hydrogen-bond acceptors (Lipinski definition) is 5. The fraction of sp³-hybridized carbons (Fsp3) is 0.333. The zero-order valence-corrected chi connectivity index (χ0v) is 16.6. The monoisotopic (exact) mass is 468 g/mol. The summed E-state index contributed by atoms with van der Waals surface area (Å²) in [6.07, 6.45) is 0.450. The van der Waals surface area contributed by atoms with Crippen molar-refractivity contribution in [3.63, 3.8) is 0 Å². The van der Waals surface area contributed by atoms with Gasteiger partial charge in [0.25, 0.3) is 10.0 Å². The normalized spacial score (nSPS) is 15.2. The first-order valence-electron chi connectivity index (χ1n) is 8.79. The third-order valence-corrected chi connectivity index (χ3v) is 6.60. The Morgan fingerprint density at radius 1 is 1.03 bits per heavy atom. The van der Waals surface area contributed by atoms with E-state index < -0.39 is 67.9 Å². The summed E-state index contributed by atoms with van der Waals surface area (Å²) < 4.78 is 114. The van der Waals surface area contributed by atoms with Gasteiger partial charge in [-0.3, -0.25) is 9.78 Å². The highest BCUT2D eigenvalue weighted by Crippen LogP contribution is 2.47. The number of sulfonamides is 1. The number of ether oxygens (including phenoxy) is 1. The van der Waals surface area contributed by atoms with Crippen LogP contribution in [0.5, 0.6) is 0 Å². The van der Waals surface area contributed by atoms with Gasteiger partial charge in [-0.1, -0.05) is 0 Å². The fourth-order valence-corrected chi connectivity index (χ4v) is 4.85. The summed E-state index contributed by atoms with van der Waals surface area (Å²) in [5.74, 6) is -14.4. The second kappa shape index (κ2) is 8.11. The van der Waals surface area contributed by atoms with Crippen LogP contribution < -0.4 is 0 Å². The first-order valence-corrected chi connectivity index (χ1v) is 10.2. The van der Waals surface area contributed by atoms with Crippen molar-refractivity contribution in [2.75, 3.05) is 6.61 Å². The smallest absolute Gasteiger partial charge is 0.327 e. The van der Waals surface area contributed by atoms with Crippen LogP contribution in [0.4, 0.5) is 26.3 Å². The molecular formula is C18H14F6N2O4S. The SMILES string of the molecule is CCOC(=O)C1(N(Cc2ccc(F)cn2)S(=O)(=O)c2c(F)c(F)c(F)c(F)c2F)CC1. The van der Waals surface area contributed by atoms with Crippen LogP contribution in [0.15, 0.2) is 23.2 Å². The molecule has 1 heterocycles. The number of hydrogen-bond donors (Lipinski definition) is 0. The lowest BCUT2D eigenvalue weighted by atomic mass is 10.2. The van der Waals surface area contributed by atoms with E-state index in [-0.39, 0.29) is 29.4 Å². The molecule has 2 aromatic rings. The molecule has 168 valence electrons. The maximum Gasteiger partial charge on any atom is 0.327 e. The molecule has 0 aliphatic heterocycles. The fourth-order valence-electron chi connectivity index (χ4n) is 2.97. The lowest BCUT2D eigenvalue weighted by Crippen LogP contribution is -2.48. The molecule has 1 aliphatic carbocycles. The third kappa shape index (κ3) is 3.87. The first-order chi connectivity index (χ1) is 14.5. The van der Waals surface area contributed by atoms with Crippen molar-refractivity contribution in [2.24, 2.45) is 0 Å². The van der Waals surface area contributed by atoms with Gasteiger partial charge in [-0.05, 0) is 31.9 Å². The molecule has 6 nitrogen and oxygen atoms in total. The van der Waals surface area contributed by atoms with Crippen molar-refractivity contribution < 1.29 is 44.3 Å². The number of pyridine rings is 1. The predicted octanol–water partition coefficient (Wildman–Crippen LogP) is 3.20. The summed E-state index contributed by atoms with van der Waals surface area (Å²) in [4.78, 5) is 14.0. The van der Waals surface area contributed by atoms with E-state index in [1.54, 1.807) is 0 Å². The molecule has 0 atom stereocenters.